The van der Waals surface area contributed by atoms with E-state index in [-0.39, 0.29) is 0 Å². The Hall–Kier alpha value is -1.28. The lowest BCUT2D eigenvalue weighted by Crippen LogP contribution is -2.15. The summed E-state index contributed by atoms with van der Waals surface area (Å²) in [5, 5.41) is 4.75. The van der Waals surface area contributed by atoms with Crippen molar-refractivity contribution in [3.63, 3.8) is 0 Å². The van der Waals surface area contributed by atoms with Gasteiger partial charge >= 0.3 is 0 Å². The van der Waals surface area contributed by atoms with Crippen LogP contribution in [0.5, 0.6) is 0 Å². The van der Waals surface area contributed by atoms with Crippen LogP contribution in [0.4, 0.5) is 14.6 Å². The van der Waals surface area contributed by atoms with E-state index >= 15 is 0 Å². The van der Waals surface area contributed by atoms with Gasteiger partial charge < -0.3 is 5.73 Å². The summed E-state index contributed by atoms with van der Waals surface area (Å²) in [7, 11) is -4.01. The number of hydrogen-bond acceptors (Lipinski definition) is 4. The molecule has 0 aliphatic heterocycles. The summed E-state index contributed by atoms with van der Waals surface area (Å²) < 4.78 is 45.8. The second kappa shape index (κ2) is 3.46. The number of alkyl halides is 2. The van der Waals surface area contributed by atoms with Crippen molar-refractivity contribution in [3.05, 3.63) is 17.8 Å². The second-order valence-corrected chi connectivity index (χ2v) is 4.00. The molecule has 1 heterocycles. The van der Waals surface area contributed by atoms with Crippen molar-refractivity contribution in [1.82, 2.24) is 4.98 Å². The Bertz CT molecular complexity index is 446. The first-order valence-electron chi connectivity index (χ1n) is 3.39. The third-order valence-electron chi connectivity index (χ3n) is 1.44. The monoisotopic (exact) mass is 223 g/mol. The molecule has 0 aliphatic carbocycles. The number of primary sulfonamides is 1. The number of nitrogen functional groups attached to an aromatic ring is 1. The van der Waals surface area contributed by atoms with Gasteiger partial charge in [-0.05, 0) is 12.1 Å². The molecular weight excluding hydrogens is 216 g/mol. The first-order valence-corrected chi connectivity index (χ1v) is 4.94. The van der Waals surface area contributed by atoms with Crippen molar-refractivity contribution in [2.45, 2.75) is 11.3 Å². The molecule has 0 bridgehead atoms. The number of nitrogens with two attached hydrogens (primary N) is 2. The number of pyridine rings is 1. The minimum Gasteiger partial charge on any atom is -0.383 e. The lowest BCUT2D eigenvalue weighted by molar-refractivity contribution is 0.146. The van der Waals surface area contributed by atoms with Crippen molar-refractivity contribution >= 4 is 15.8 Å². The zero-order valence-electron chi connectivity index (χ0n) is 6.81. The standard InChI is InChI=1S/C6H7F2N3O2S/c7-5(8)3-1-2-4(6(9)11-3)14(10,12)13/h1-2,5H,(H2,9,11)(H2,10,12,13). The van der Waals surface area contributed by atoms with E-state index in [1.807, 2.05) is 0 Å². The maximum Gasteiger partial charge on any atom is 0.280 e. The number of anilines is 1. The van der Waals surface area contributed by atoms with Crippen molar-refractivity contribution in [3.8, 4) is 0 Å². The van der Waals surface area contributed by atoms with E-state index < -0.39 is 32.9 Å². The van der Waals surface area contributed by atoms with Crippen molar-refractivity contribution in [2.24, 2.45) is 5.14 Å². The molecule has 4 N–H and O–H groups in total. The Morgan fingerprint density at radius 1 is 1.36 bits per heavy atom. The van der Waals surface area contributed by atoms with Crippen LogP contribution in [0.1, 0.15) is 12.1 Å². The normalized spacial score (nSPS) is 12.0. The quantitative estimate of drug-likeness (QED) is 0.750. The van der Waals surface area contributed by atoms with Crippen LogP contribution in [0.25, 0.3) is 0 Å². The highest BCUT2D eigenvalue weighted by Crippen LogP contribution is 2.21. The maximum absolute atomic E-state index is 12.1. The summed E-state index contributed by atoms with van der Waals surface area (Å²) in [6.45, 7) is 0. The van der Waals surface area contributed by atoms with E-state index in [0.29, 0.717) is 0 Å². The van der Waals surface area contributed by atoms with Gasteiger partial charge in [0, 0.05) is 0 Å². The first kappa shape index (κ1) is 10.8. The number of rotatable bonds is 2. The number of sulfonamides is 1. The molecule has 0 amide bonds. The lowest BCUT2D eigenvalue weighted by Gasteiger charge is -2.04. The molecular formula is C6H7F2N3O2S. The van der Waals surface area contributed by atoms with Crippen LogP contribution < -0.4 is 10.9 Å². The molecule has 0 fully saturated rings. The van der Waals surface area contributed by atoms with Gasteiger partial charge in [-0.25, -0.2) is 27.3 Å². The summed E-state index contributed by atoms with van der Waals surface area (Å²) in [4.78, 5) is 2.75. The van der Waals surface area contributed by atoms with Gasteiger partial charge in [-0.2, -0.15) is 0 Å². The number of hydrogen-bond donors (Lipinski definition) is 2. The van der Waals surface area contributed by atoms with Gasteiger partial charge in [-0.15, -0.1) is 0 Å². The molecule has 0 atom stereocenters. The average molecular weight is 223 g/mol. The predicted octanol–water partition coefficient (Wildman–Crippen LogP) is 0.249. The smallest absolute Gasteiger partial charge is 0.280 e. The molecule has 5 nitrogen and oxygen atoms in total. The van der Waals surface area contributed by atoms with Crippen LogP contribution in [0.3, 0.4) is 0 Å². The van der Waals surface area contributed by atoms with E-state index in [2.05, 4.69) is 4.98 Å². The molecule has 0 aliphatic rings. The van der Waals surface area contributed by atoms with Gasteiger partial charge in [0.25, 0.3) is 6.43 Å². The van der Waals surface area contributed by atoms with Crippen molar-refractivity contribution in [2.75, 3.05) is 5.73 Å². The average Bonchev–Trinajstić information content (AvgIpc) is 2.01. The third-order valence-corrected chi connectivity index (χ3v) is 2.40. The SMILES string of the molecule is Nc1nc(C(F)F)ccc1S(N)(=O)=O. The molecule has 8 heteroatoms. The Kier molecular flexibility index (Phi) is 2.67. The summed E-state index contributed by atoms with van der Waals surface area (Å²) >= 11 is 0. The summed E-state index contributed by atoms with van der Waals surface area (Å²) in [5.74, 6) is -0.523. The van der Waals surface area contributed by atoms with Gasteiger partial charge in [0.1, 0.15) is 16.4 Å². The number of halogens is 2. The van der Waals surface area contributed by atoms with Gasteiger partial charge in [-0.3, -0.25) is 0 Å². The molecule has 0 saturated heterocycles. The van der Waals surface area contributed by atoms with Gasteiger partial charge in [-0.1, -0.05) is 0 Å². The zero-order chi connectivity index (χ0) is 10.9. The Morgan fingerprint density at radius 3 is 2.29 bits per heavy atom. The Balaban J connectivity index is 3.28. The fraction of sp³-hybridized carbons (Fsp3) is 0.167. The maximum atomic E-state index is 12.1. The highest BCUT2D eigenvalue weighted by atomic mass is 32.2. The molecule has 0 unspecified atom stereocenters. The number of nitrogens with zero attached hydrogens (tertiary/aromatic N) is 1. The van der Waals surface area contributed by atoms with Crippen LogP contribution in [0, 0.1) is 0 Å². The van der Waals surface area contributed by atoms with Gasteiger partial charge in [0.05, 0.1) is 0 Å². The highest BCUT2D eigenvalue weighted by molar-refractivity contribution is 7.89. The number of aromatic nitrogens is 1. The van der Waals surface area contributed by atoms with Crippen molar-refractivity contribution in [1.29, 1.82) is 0 Å². The van der Waals surface area contributed by atoms with Crippen LogP contribution in [0.2, 0.25) is 0 Å². The van der Waals surface area contributed by atoms with E-state index in [0.717, 1.165) is 12.1 Å². The highest BCUT2D eigenvalue weighted by Gasteiger charge is 2.16. The first-order chi connectivity index (χ1) is 6.32. The van der Waals surface area contributed by atoms with E-state index in [1.165, 1.54) is 0 Å². The topological polar surface area (TPSA) is 99.1 Å². The molecule has 1 rings (SSSR count). The van der Waals surface area contributed by atoms with E-state index in [1.54, 1.807) is 0 Å². The Morgan fingerprint density at radius 2 is 1.93 bits per heavy atom. The Labute approximate surface area is 78.8 Å². The van der Waals surface area contributed by atoms with Gasteiger partial charge in [0.2, 0.25) is 10.0 Å². The molecule has 0 saturated carbocycles. The van der Waals surface area contributed by atoms with E-state index in [4.69, 9.17) is 10.9 Å². The van der Waals surface area contributed by atoms with Crippen LogP contribution in [-0.4, -0.2) is 13.4 Å². The fourth-order valence-electron chi connectivity index (χ4n) is 0.840. The van der Waals surface area contributed by atoms with Crippen LogP contribution >= 0.6 is 0 Å². The lowest BCUT2D eigenvalue weighted by atomic mass is 10.3. The van der Waals surface area contributed by atoms with Crippen LogP contribution in [-0.2, 0) is 10.0 Å². The minimum atomic E-state index is -4.01. The molecule has 0 radical (unpaired) electrons. The summed E-state index contributed by atoms with van der Waals surface area (Å²) in [5.41, 5.74) is 4.55. The molecule has 0 aromatic carbocycles. The van der Waals surface area contributed by atoms with Gasteiger partial charge in [0.15, 0.2) is 0 Å². The predicted molar refractivity (Wildman–Crippen MR) is 45.0 cm³/mol. The van der Waals surface area contributed by atoms with Crippen molar-refractivity contribution < 1.29 is 17.2 Å². The molecule has 78 valence electrons. The van der Waals surface area contributed by atoms with Crippen LogP contribution in [0.15, 0.2) is 17.0 Å². The molecule has 1 aromatic rings. The van der Waals surface area contributed by atoms with E-state index in [9.17, 15) is 17.2 Å². The third kappa shape index (κ3) is 2.15. The second-order valence-electron chi connectivity index (χ2n) is 2.47. The molecule has 0 spiro atoms. The summed E-state index contributed by atoms with van der Waals surface area (Å²) in [6.07, 6.45) is -2.80. The zero-order valence-corrected chi connectivity index (χ0v) is 7.63. The fourth-order valence-corrected chi connectivity index (χ4v) is 1.43. The molecule has 14 heavy (non-hydrogen) atoms. The summed E-state index contributed by atoms with van der Waals surface area (Å²) in [6, 6.07) is 1.76. The largest absolute Gasteiger partial charge is 0.383 e. The minimum absolute atomic E-state index is 0.457. The molecule has 1 aromatic heterocycles.